The first kappa shape index (κ1) is 15.6. The molecular weight excluding hydrogens is 290 g/mol. The number of amides is 1. The molecule has 1 amide bonds. The molecule has 5 nitrogen and oxygen atoms in total. The SMILES string of the molecule is CC(C)(C)OC(=O)N1CCCC1c1cc(-c2ccccc2)n[nH]1. The normalized spacial score (nSPS) is 18.2. The van der Waals surface area contributed by atoms with E-state index < -0.39 is 5.60 Å². The average molecular weight is 313 g/mol. The summed E-state index contributed by atoms with van der Waals surface area (Å²) in [6, 6.07) is 12.1. The second-order valence-corrected chi connectivity index (χ2v) is 6.91. The minimum atomic E-state index is -0.479. The van der Waals surface area contributed by atoms with Gasteiger partial charge in [0.1, 0.15) is 5.60 Å². The summed E-state index contributed by atoms with van der Waals surface area (Å²) in [5.41, 5.74) is 2.45. The summed E-state index contributed by atoms with van der Waals surface area (Å²) < 4.78 is 5.52. The van der Waals surface area contributed by atoms with E-state index in [1.165, 1.54) is 0 Å². The number of aromatic nitrogens is 2. The molecule has 0 aliphatic carbocycles. The van der Waals surface area contributed by atoms with Crippen LogP contribution >= 0.6 is 0 Å². The number of nitrogens with zero attached hydrogens (tertiary/aromatic N) is 2. The van der Waals surface area contributed by atoms with Gasteiger partial charge >= 0.3 is 6.09 Å². The van der Waals surface area contributed by atoms with Crippen LogP contribution in [0, 0.1) is 0 Å². The van der Waals surface area contributed by atoms with Crippen LogP contribution in [0.1, 0.15) is 45.3 Å². The molecule has 23 heavy (non-hydrogen) atoms. The van der Waals surface area contributed by atoms with Gasteiger partial charge in [-0.1, -0.05) is 30.3 Å². The van der Waals surface area contributed by atoms with Gasteiger partial charge in [0.15, 0.2) is 0 Å². The molecule has 1 atom stereocenters. The standard InChI is InChI=1S/C18H23N3O2/c1-18(2,3)23-17(22)21-11-7-10-16(21)15-12-14(19-20-15)13-8-5-4-6-9-13/h4-6,8-9,12,16H,7,10-11H2,1-3H3,(H,19,20). The maximum Gasteiger partial charge on any atom is 0.410 e. The van der Waals surface area contributed by atoms with Crippen LogP contribution in [0.25, 0.3) is 11.3 Å². The van der Waals surface area contributed by atoms with Gasteiger partial charge in [-0.2, -0.15) is 5.10 Å². The van der Waals surface area contributed by atoms with Crippen LogP contribution in [-0.2, 0) is 4.74 Å². The third kappa shape index (κ3) is 3.55. The van der Waals surface area contributed by atoms with Gasteiger partial charge in [0, 0.05) is 12.1 Å². The zero-order valence-electron chi connectivity index (χ0n) is 13.9. The van der Waals surface area contributed by atoms with Crippen molar-refractivity contribution in [3.05, 3.63) is 42.1 Å². The van der Waals surface area contributed by atoms with Gasteiger partial charge < -0.3 is 4.74 Å². The molecule has 1 aromatic carbocycles. The second kappa shape index (κ2) is 6.07. The number of rotatable bonds is 2. The first-order valence-electron chi connectivity index (χ1n) is 8.04. The van der Waals surface area contributed by atoms with Crippen molar-refractivity contribution >= 4 is 6.09 Å². The van der Waals surface area contributed by atoms with E-state index in [0.29, 0.717) is 0 Å². The quantitative estimate of drug-likeness (QED) is 0.906. The minimum Gasteiger partial charge on any atom is -0.444 e. The van der Waals surface area contributed by atoms with Crippen molar-refractivity contribution < 1.29 is 9.53 Å². The highest BCUT2D eigenvalue weighted by Crippen LogP contribution is 2.33. The molecule has 5 heteroatoms. The zero-order valence-corrected chi connectivity index (χ0v) is 13.9. The van der Waals surface area contributed by atoms with Gasteiger partial charge in [0.2, 0.25) is 0 Å². The molecule has 0 spiro atoms. The summed E-state index contributed by atoms with van der Waals surface area (Å²) in [7, 11) is 0. The van der Waals surface area contributed by atoms with Crippen LogP contribution in [0.3, 0.4) is 0 Å². The van der Waals surface area contributed by atoms with E-state index in [1.807, 2.05) is 57.2 Å². The van der Waals surface area contributed by atoms with Crippen molar-refractivity contribution in [1.82, 2.24) is 15.1 Å². The summed E-state index contributed by atoms with van der Waals surface area (Å²) in [6.07, 6.45) is 1.65. The van der Waals surface area contributed by atoms with Crippen molar-refractivity contribution in [1.29, 1.82) is 0 Å². The molecule has 1 unspecified atom stereocenters. The first-order chi connectivity index (χ1) is 10.9. The Morgan fingerprint density at radius 3 is 2.74 bits per heavy atom. The second-order valence-electron chi connectivity index (χ2n) is 6.91. The number of carbonyl (C=O) groups is 1. The number of ether oxygens (including phenoxy) is 1. The molecule has 122 valence electrons. The molecule has 1 fully saturated rings. The number of carbonyl (C=O) groups excluding carboxylic acids is 1. The highest BCUT2D eigenvalue weighted by Gasteiger charge is 2.34. The van der Waals surface area contributed by atoms with Gasteiger partial charge in [-0.3, -0.25) is 10.00 Å². The van der Waals surface area contributed by atoms with Crippen LogP contribution in [0.4, 0.5) is 4.79 Å². The molecule has 0 saturated carbocycles. The number of hydrogen-bond donors (Lipinski definition) is 1. The monoisotopic (exact) mass is 313 g/mol. The fourth-order valence-corrected chi connectivity index (χ4v) is 2.89. The molecule has 1 aliphatic rings. The highest BCUT2D eigenvalue weighted by molar-refractivity contribution is 5.69. The van der Waals surface area contributed by atoms with Crippen LogP contribution in [-0.4, -0.2) is 33.3 Å². The fourth-order valence-electron chi connectivity index (χ4n) is 2.89. The lowest BCUT2D eigenvalue weighted by Crippen LogP contribution is -2.36. The number of nitrogens with one attached hydrogen (secondary N) is 1. The predicted octanol–water partition coefficient (Wildman–Crippen LogP) is 4.15. The zero-order chi connectivity index (χ0) is 16.4. The van der Waals surface area contributed by atoms with E-state index in [2.05, 4.69) is 10.2 Å². The Bertz CT molecular complexity index is 673. The predicted molar refractivity (Wildman–Crippen MR) is 88.9 cm³/mol. The third-order valence-corrected chi connectivity index (χ3v) is 3.91. The number of hydrogen-bond acceptors (Lipinski definition) is 3. The Kier molecular flexibility index (Phi) is 4.11. The molecule has 0 radical (unpaired) electrons. The largest absolute Gasteiger partial charge is 0.444 e. The fraction of sp³-hybridized carbons (Fsp3) is 0.444. The summed E-state index contributed by atoms with van der Waals surface area (Å²) in [5, 5.41) is 7.49. The summed E-state index contributed by atoms with van der Waals surface area (Å²) >= 11 is 0. The van der Waals surface area contributed by atoms with Crippen LogP contribution in [0.2, 0.25) is 0 Å². The van der Waals surface area contributed by atoms with Gasteiger partial charge in [-0.15, -0.1) is 0 Å². The molecule has 1 N–H and O–H groups in total. The molecule has 0 bridgehead atoms. The Balaban J connectivity index is 1.78. The van der Waals surface area contributed by atoms with E-state index in [-0.39, 0.29) is 12.1 Å². The highest BCUT2D eigenvalue weighted by atomic mass is 16.6. The van der Waals surface area contributed by atoms with Crippen LogP contribution in [0.15, 0.2) is 36.4 Å². The van der Waals surface area contributed by atoms with E-state index in [0.717, 1.165) is 36.3 Å². The molecule has 1 aromatic heterocycles. The van der Waals surface area contributed by atoms with Crippen LogP contribution in [0.5, 0.6) is 0 Å². The average Bonchev–Trinajstić information content (AvgIpc) is 3.15. The van der Waals surface area contributed by atoms with E-state index in [4.69, 9.17) is 4.74 Å². The number of aromatic amines is 1. The summed E-state index contributed by atoms with van der Waals surface area (Å²) in [6.45, 7) is 6.39. The van der Waals surface area contributed by atoms with Crippen molar-refractivity contribution in [2.45, 2.75) is 45.3 Å². The van der Waals surface area contributed by atoms with Crippen LogP contribution < -0.4 is 0 Å². The Hall–Kier alpha value is -2.30. The molecule has 1 saturated heterocycles. The first-order valence-corrected chi connectivity index (χ1v) is 8.04. The Labute approximate surface area is 136 Å². The molecular formula is C18H23N3O2. The lowest BCUT2D eigenvalue weighted by atomic mass is 10.1. The lowest BCUT2D eigenvalue weighted by molar-refractivity contribution is 0.0221. The maximum atomic E-state index is 12.4. The Morgan fingerprint density at radius 1 is 1.30 bits per heavy atom. The molecule has 2 heterocycles. The number of likely N-dealkylation sites (tertiary alicyclic amines) is 1. The summed E-state index contributed by atoms with van der Waals surface area (Å²) in [4.78, 5) is 14.2. The molecule has 3 rings (SSSR count). The molecule has 2 aromatic rings. The van der Waals surface area contributed by atoms with Crippen molar-refractivity contribution in [3.63, 3.8) is 0 Å². The van der Waals surface area contributed by atoms with Crippen molar-refractivity contribution in [2.75, 3.05) is 6.54 Å². The third-order valence-electron chi connectivity index (χ3n) is 3.91. The van der Waals surface area contributed by atoms with Gasteiger partial charge in [-0.05, 0) is 39.7 Å². The smallest absolute Gasteiger partial charge is 0.410 e. The minimum absolute atomic E-state index is 0.00909. The maximum absolute atomic E-state index is 12.4. The van der Waals surface area contributed by atoms with Crippen molar-refractivity contribution in [3.8, 4) is 11.3 Å². The number of benzene rings is 1. The lowest BCUT2D eigenvalue weighted by Gasteiger charge is -2.28. The van der Waals surface area contributed by atoms with Crippen molar-refractivity contribution in [2.24, 2.45) is 0 Å². The van der Waals surface area contributed by atoms with Gasteiger partial charge in [0.25, 0.3) is 0 Å². The summed E-state index contributed by atoms with van der Waals surface area (Å²) in [5.74, 6) is 0. The number of H-pyrrole nitrogens is 1. The van der Waals surface area contributed by atoms with Gasteiger partial charge in [-0.25, -0.2) is 4.79 Å². The Morgan fingerprint density at radius 2 is 2.04 bits per heavy atom. The molecule has 1 aliphatic heterocycles. The van der Waals surface area contributed by atoms with E-state index in [1.54, 1.807) is 4.90 Å². The van der Waals surface area contributed by atoms with E-state index in [9.17, 15) is 4.79 Å². The van der Waals surface area contributed by atoms with Gasteiger partial charge in [0.05, 0.1) is 17.4 Å². The topological polar surface area (TPSA) is 58.2 Å². The van der Waals surface area contributed by atoms with E-state index >= 15 is 0 Å².